The van der Waals surface area contributed by atoms with E-state index in [2.05, 4.69) is 10.6 Å². The molecule has 2 N–H and O–H groups in total. The summed E-state index contributed by atoms with van der Waals surface area (Å²) >= 11 is 0. The normalized spacial score (nSPS) is 12.2. The second kappa shape index (κ2) is 7.01. The number of benzene rings is 1. The zero-order valence-corrected chi connectivity index (χ0v) is 10.3. The van der Waals surface area contributed by atoms with Gasteiger partial charge in [-0.05, 0) is 12.5 Å². The number of carbonyl (C=O) groups is 1. The van der Waals surface area contributed by atoms with Gasteiger partial charge in [-0.15, -0.1) is 0 Å². The van der Waals surface area contributed by atoms with Crippen molar-refractivity contribution in [2.24, 2.45) is 0 Å². The third kappa shape index (κ3) is 4.15. The van der Waals surface area contributed by atoms with Crippen LogP contribution in [0, 0.1) is 5.82 Å². The van der Waals surface area contributed by atoms with Crippen molar-refractivity contribution in [2.75, 3.05) is 13.6 Å². The Kier molecular flexibility index (Phi) is 5.63. The number of rotatable bonds is 6. The van der Waals surface area contributed by atoms with E-state index >= 15 is 0 Å². The van der Waals surface area contributed by atoms with E-state index < -0.39 is 0 Å². The predicted molar refractivity (Wildman–Crippen MR) is 66.1 cm³/mol. The van der Waals surface area contributed by atoms with Crippen LogP contribution in [0.15, 0.2) is 24.3 Å². The van der Waals surface area contributed by atoms with Crippen LogP contribution in [-0.4, -0.2) is 19.5 Å². The molecule has 1 aromatic rings. The summed E-state index contributed by atoms with van der Waals surface area (Å²) in [4.78, 5) is 11.1. The molecule has 0 heterocycles. The maximum atomic E-state index is 13.6. The standard InChI is InChI=1S/C13H19FN2O/c1-3-12(16-9-8-13(17)15-2)10-6-4-5-7-11(10)14/h4-7,12,16H,3,8-9H2,1-2H3,(H,15,17). The highest BCUT2D eigenvalue weighted by atomic mass is 19.1. The van der Waals surface area contributed by atoms with Crippen molar-refractivity contribution in [3.05, 3.63) is 35.6 Å². The van der Waals surface area contributed by atoms with Crippen molar-refractivity contribution in [3.63, 3.8) is 0 Å². The van der Waals surface area contributed by atoms with Crippen molar-refractivity contribution in [2.45, 2.75) is 25.8 Å². The number of amides is 1. The molecule has 0 spiro atoms. The molecule has 1 rings (SSSR count). The SMILES string of the molecule is CCC(NCCC(=O)NC)c1ccccc1F. The zero-order valence-electron chi connectivity index (χ0n) is 10.3. The van der Waals surface area contributed by atoms with Crippen LogP contribution in [0.2, 0.25) is 0 Å². The van der Waals surface area contributed by atoms with Gasteiger partial charge in [-0.3, -0.25) is 4.79 Å². The Hall–Kier alpha value is -1.42. The third-order valence-corrected chi connectivity index (χ3v) is 2.71. The first kappa shape index (κ1) is 13.6. The molecule has 1 unspecified atom stereocenters. The van der Waals surface area contributed by atoms with Gasteiger partial charge in [0.15, 0.2) is 0 Å². The van der Waals surface area contributed by atoms with E-state index in [1.54, 1.807) is 19.2 Å². The molecule has 0 bridgehead atoms. The van der Waals surface area contributed by atoms with E-state index in [1.165, 1.54) is 6.07 Å². The van der Waals surface area contributed by atoms with Crippen LogP contribution in [0.1, 0.15) is 31.4 Å². The minimum absolute atomic E-state index is 0.0131. The summed E-state index contributed by atoms with van der Waals surface area (Å²) in [5.41, 5.74) is 0.659. The Labute approximate surface area is 101 Å². The van der Waals surface area contributed by atoms with Crippen LogP contribution >= 0.6 is 0 Å². The van der Waals surface area contributed by atoms with E-state index in [-0.39, 0.29) is 17.8 Å². The van der Waals surface area contributed by atoms with Crippen molar-refractivity contribution in [1.29, 1.82) is 0 Å². The van der Waals surface area contributed by atoms with E-state index in [0.29, 0.717) is 18.5 Å². The summed E-state index contributed by atoms with van der Waals surface area (Å²) in [5.74, 6) is -0.215. The second-order valence-electron chi connectivity index (χ2n) is 3.86. The molecule has 1 aromatic carbocycles. The Morgan fingerprint density at radius 3 is 2.71 bits per heavy atom. The quantitative estimate of drug-likeness (QED) is 0.796. The molecule has 1 atom stereocenters. The Balaban J connectivity index is 2.55. The highest BCUT2D eigenvalue weighted by molar-refractivity contribution is 5.75. The summed E-state index contributed by atoms with van der Waals surface area (Å²) in [6.07, 6.45) is 1.19. The molecule has 3 nitrogen and oxygen atoms in total. The molecular formula is C13H19FN2O. The number of nitrogens with one attached hydrogen (secondary N) is 2. The monoisotopic (exact) mass is 238 g/mol. The predicted octanol–water partition coefficient (Wildman–Crippen LogP) is 2.00. The van der Waals surface area contributed by atoms with Crippen molar-refractivity contribution in [3.8, 4) is 0 Å². The number of hydrogen-bond donors (Lipinski definition) is 2. The van der Waals surface area contributed by atoms with Gasteiger partial charge in [-0.1, -0.05) is 25.1 Å². The summed E-state index contributed by atoms with van der Waals surface area (Å²) in [5, 5.41) is 5.75. The fourth-order valence-electron chi connectivity index (χ4n) is 1.72. The first-order chi connectivity index (χ1) is 8.19. The average Bonchev–Trinajstić information content (AvgIpc) is 2.35. The molecule has 0 aliphatic rings. The van der Waals surface area contributed by atoms with Gasteiger partial charge in [-0.25, -0.2) is 4.39 Å². The summed E-state index contributed by atoms with van der Waals surface area (Å²) in [6.45, 7) is 2.54. The molecule has 0 radical (unpaired) electrons. The van der Waals surface area contributed by atoms with Crippen molar-refractivity contribution in [1.82, 2.24) is 10.6 Å². The molecule has 0 saturated carbocycles. The topological polar surface area (TPSA) is 41.1 Å². The van der Waals surface area contributed by atoms with Crippen LogP contribution in [0.4, 0.5) is 4.39 Å². The van der Waals surface area contributed by atoms with Gasteiger partial charge < -0.3 is 10.6 Å². The van der Waals surface area contributed by atoms with E-state index in [9.17, 15) is 9.18 Å². The highest BCUT2D eigenvalue weighted by Gasteiger charge is 2.12. The second-order valence-corrected chi connectivity index (χ2v) is 3.86. The summed E-state index contributed by atoms with van der Waals surface area (Å²) in [6, 6.07) is 6.69. The minimum atomic E-state index is -0.202. The van der Waals surface area contributed by atoms with Gasteiger partial charge in [0.1, 0.15) is 5.82 Å². The van der Waals surface area contributed by atoms with E-state index in [4.69, 9.17) is 0 Å². The molecule has 0 fully saturated rings. The molecule has 0 aliphatic heterocycles. The Morgan fingerprint density at radius 2 is 2.12 bits per heavy atom. The van der Waals surface area contributed by atoms with Gasteiger partial charge in [0.25, 0.3) is 0 Å². The molecule has 4 heteroatoms. The maximum Gasteiger partial charge on any atom is 0.221 e. The number of halogens is 1. The van der Waals surface area contributed by atoms with Gasteiger partial charge in [0.2, 0.25) is 5.91 Å². The van der Waals surface area contributed by atoms with Gasteiger partial charge >= 0.3 is 0 Å². The highest BCUT2D eigenvalue weighted by Crippen LogP contribution is 2.19. The third-order valence-electron chi connectivity index (χ3n) is 2.71. The van der Waals surface area contributed by atoms with Gasteiger partial charge in [0.05, 0.1) is 0 Å². The number of carbonyl (C=O) groups excluding carboxylic acids is 1. The fourth-order valence-corrected chi connectivity index (χ4v) is 1.72. The van der Waals surface area contributed by atoms with Crippen LogP contribution in [0.25, 0.3) is 0 Å². The molecule has 0 saturated heterocycles. The lowest BCUT2D eigenvalue weighted by Gasteiger charge is -2.17. The summed E-state index contributed by atoms with van der Waals surface area (Å²) < 4.78 is 13.6. The van der Waals surface area contributed by atoms with Gasteiger partial charge in [-0.2, -0.15) is 0 Å². The molecular weight excluding hydrogens is 219 g/mol. The first-order valence-electron chi connectivity index (χ1n) is 5.87. The van der Waals surface area contributed by atoms with Crippen molar-refractivity contribution < 1.29 is 9.18 Å². The lowest BCUT2D eigenvalue weighted by atomic mass is 10.0. The van der Waals surface area contributed by atoms with E-state index in [1.807, 2.05) is 13.0 Å². The fraction of sp³-hybridized carbons (Fsp3) is 0.462. The zero-order chi connectivity index (χ0) is 12.7. The van der Waals surface area contributed by atoms with Crippen molar-refractivity contribution >= 4 is 5.91 Å². The van der Waals surface area contributed by atoms with Crippen LogP contribution < -0.4 is 10.6 Å². The van der Waals surface area contributed by atoms with Gasteiger partial charge in [0, 0.05) is 31.6 Å². The van der Waals surface area contributed by atoms with E-state index in [0.717, 1.165) is 6.42 Å². The van der Waals surface area contributed by atoms with Crippen LogP contribution in [0.3, 0.4) is 0 Å². The molecule has 1 amide bonds. The lowest BCUT2D eigenvalue weighted by Crippen LogP contribution is -2.27. The maximum absolute atomic E-state index is 13.6. The smallest absolute Gasteiger partial charge is 0.221 e. The Morgan fingerprint density at radius 1 is 1.41 bits per heavy atom. The average molecular weight is 238 g/mol. The minimum Gasteiger partial charge on any atom is -0.359 e. The molecule has 17 heavy (non-hydrogen) atoms. The summed E-state index contributed by atoms with van der Waals surface area (Å²) in [7, 11) is 1.61. The molecule has 0 aromatic heterocycles. The molecule has 94 valence electrons. The number of hydrogen-bond acceptors (Lipinski definition) is 2. The Bertz CT molecular complexity index is 368. The first-order valence-corrected chi connectivity index (χ1v) is 5.87. The largest absolute Gasteiger partial charge is 0.359 e. The van der Waals surface area contributed by atoms with Crippen LogP contribution in [0.5, 0.6) is 0 Å². The van der Waals surface area contributed by atoms with Crippen LogP contribution in [-0.2, 0) is 4.79 Å². The lowest BCUT2D eigenvalue weighted by molar-refractivity contribution is -0.120. The molecule has 0 aliphatic carbocycles.